The molecule has 168 valence electrons. The summed E-state index contributed by atoms with van der Waals surface area (Å²) in [6.45, 7) is 6.69. The van der Waals surface area contributed by atoms with E-state index in [2.05, 4.69) is 12.2 Å². The average molecular weight is 427 g/mol. The van der Waals surface area contributed by atoms with Gasteiger partial charge in [0.15, 0.2) is 6.61 Å². The lowest BCUT2D eigenvalue weighted by atomic mass is 10.1. The first kappa shape index (κ1) is 24.3. The molecular formula is C25H34N2O4. The van der Waals surface area contributed by atoms with Crippen LogP contribution in [-0.4, -0.2) is 43.0 Å². The smallest absolute Gasteiger partial charge is 0.261 e. The van der Waals surface area contributed by atoms with E-state index in [1.54, 1.807) is 12.0 Å². The number of unbranched alkanes of at least 4 members (excludes halogenated alkanes) is 1. The van der Waals surface area contributed by atoms with Crippen LogP contribution in [-0.2, 0) is 16.1 Å². The Morgan fingerprint density at radius 3 is 2.55 bits per heavy atom. The Bertz CT molecular complexity index is 853. The quantitative estimate of drug-likeness (QED) is 0.519. The molecule has 0 aromatic heterocycles. The van der Waals surface area contributed by atoms with Gasteiger partial charge in [-0.3, -0.25) is 9.59 Å². The molecule has 1 N–H and O–H groups in total. The lowest BCUT2D eigenvalue weighted by molar-refractivity contribution is -0.143. The largest absolute Gasteiger partial charge is 0.497 e. The fourth-order valence-electron chi connectivity index (χ4n) is 3.33. The van der Waals surface area contributed by atoms with E-state index in [0.717, 1.165) is 24.0 Å². The van der Waals surface area contributed by atoms with Crippen LogP contribution in [0.4, 0.5) is 0 Å². The Morgan fingerprint density at radius 1 is 1.10 bits per heavy atom. The van der Waals surface area contributed by atoms with Crippen molar-refractivity contribution in [1.82, 2.24) is 10.2 Å². The Labute approximate surface area is 185 Å². The number of benzene rings is 2. The van der Waals surface area contributed by atoms with Crippen molar-refractivity contribution in [3.8, 4) is 11.5 Å². The fourth-order valence-corrected chi connectivity index (χ4v) is 3.33. The van der Waals surface area contributed by atoms with Crippen molar-refractivity contribution in [2.24, 2.45) is 0 Å². The second-order valence-corrected chi connectivity index (χ2v) is 7.50. The molecule has 0 bridgehead atoms. The maximum Gasteiger partial charge on any atom is 0.261 e. The average Bonchev–Trinajstić information content (AvgIpc) is 2.78. The highest BCUT2D eigenvalue weighted by Crippen LogP contribution is 2.19. The predicted molar refractivity (Wildman–Crippen MR) is 122 cm³/mol. The minimum absolute atomic E-state index is 0.131. The van der Waals surface area contributed by atoms with Gasteiger partial charge in [-0.05, 0) is 49.1 Å². The number of rotatable bonds is 12. The first-order chi connectivity index (χ1) is 15.0. The summed E-state index contributed by atoms with van der Waals surface area (Å²) in [4.78, 5) is 27.7. The highest BCUT2D eigenvalue weighted by molar-refractivity contribution is 5.88. The molecule has 0 heterocycles. The van der Waals surface area contributed by atoms with E-state index >= 15 is 0 Å². The summed E-state index contributed by atoms with van der Waals surface area (Å²) in [5.41, 5.74) is 1.85. The second-order valence-electron chi connectivity index (χ2n) is 7.50. The number of methoxy groups -OCH3 is 1. The van der Waals surface area contributed by atoms with Crippen molar-refractivity contribution in [2.45, 2.75) is 52.6 Å². The van der Waals surface area contributed by atoms with E-state index in [9.17, 15) is 9.59 Å². The Balaban J connectivity index is 2.21. The van der Waals surface area contributed by atoms with Crippen LogP contribution in [0.3, 0.4) is 0 Å². The van der Waals surface area contributed by atoms with Crippen molar-refractivity contribution in [2.75, 3.05) is 20.3 Å². The van der Waals surface area contributed by atoms with Gasteiger partial charge in [0.1, 0.15) is 17.5 Å². The first-order valence-corrected chi connectivity index (χ1v) is 10.9. The summed E-state index contributed by atoms with van der Waals surface area (Å²) in [5.74, 6) is 1.01. The standard InChI is InChI=1S/C25H34N2O4/c1-5-7-15-26-25(29)22(6-2)27(17-20-12-10-13-21(16-20)30-4)24(28)18-31-23-14-9-8-11-19(23)3/h8-14,16,22H,5-7,15,17-18H2,1-4H3,(H,26,29). The molecule has 0 aliphatic heterocycles. The lowest BCUT2D eigenvalue weighted by Crippen LogP contribution is -2.50. The number of nitrogens with one attached hydrogen (secondary N) is 1. The van der Waals surface area contributed by atoms with Gasteiger partial charge < -0.3 is 19.7 Å². The Hall–Kier alpha value is -3.02. The van der Waals surface area contributed by atoms with Crippen molar-refractivity contribution in [1.29, 1.82) is 0 Å². The van der Waals surface area contributed by atoms with E-state index in [-0.39, 0.29) is 18.4 Å². The highest BCUT2D eigenvalue weighted by atomic mass is 16.5. The van der Waals surface area contributed by atoms with E-state index < -0.39 is 6.04 Å². The molecule has 0 fully saturated rings. The number of hydrogen-bond donors (Lipinski definition) is 1. The molecule has 0 saturated heterocycles. The summed E-state index contributed by atoms with van der Waals surface area (Å²) in [6, 6.07) is 14.5. The van der Waals surface area contributed by atoms with Gasteiger partial charge in [-0.15, -0.1) is 0 Å². The minimum Gasteiger partial charge on any atom is -0.497 e. The molecule has 2 aromatic carbocycles. The monoisotopic (exact) mass is 426 g/mol. The van der Waals surface area contributed by atoms with Crippen LogP contribution in [0.5, 0.6) is 11.5 Å². The zero-order chi connectivity index (χ0) is 22.6. The molecule has 2 amide bonds. The van der Waals surface area contributed by atoms with Crippen LogP contribution in [0.25, 0.3) is 0 Å². The van der Waals surface area contributed by atoms with Gasteiger partial charge in [0.25, 0.3) is 5.91 Å². The van der Waals surface area contributed by atoms with Crippen LogP contribution in [0.1, 0.15) is 44.2 Å². The molecule has 1 unspecified atom stereocenters. The van der Waals surface area contributed by atoms with Gasteiger partial charge in [0, 0.05) is 13.1 Å². The number of nitrogens with zero attached hydrogens (tertiary/aromatic N) is 1. The normalized spacial score (nSPS) is 11.5. The van der Waals surface area contributed by atoms with Gasteiger partial charge >= 0.3 is 0 Å². The van der Waals surface area contributed by atoms with Gasteiger partial charge in [-0.25, -0.2) is 0 Å². The molecule has 31 heavy (non-hydrogen) atoms. The Morgan fingerprint density at radius 2 is 1.87 bits per heavy atom. The summed E-state index contributed by atoms with van der Waals surface area (Å²) in [6.07, 6.45) is 2.41. The molecule has 0 saturated carbocycles. The zero-order valence-corrected chi connectivity index (χ0v) is 19.0. The van der Waals surface area contributed by atoms with E-state index in [1.165, 1.54) is 0 Å². The third-order valence-electron chi connectivity index (χ3n) is 5.15. The maximum atomic E-state index is 13.2. The molecular weight excluding hydrogens is 392 g/mol. The van der Waals surface area contributed by atoms with Gasteiger partial charge in [-0.1, -0.05) is 50.6 Å². The van der Waals surface area contributed by atoms with Gasteiger partial charge in [-0.2, -0.15) is 0 Å². The number of hydrogen-bond acceptors (Lipinski definition) is 4. The number of carbonyl (C=O) groups is 2. The second kappa shape index (κ2) is 12.6. The van der Waals surface area contributed by atoms with Crippen LogP contribution in [0.15, 0.2) is 48.5 Å². The SMILES string of the molecule is CCCCNC(=O)C(CC)N(Cc1cccc(OC)c1)C(=O)COc1ccccc1C. The molecule has 0 aliphatic carbocycles. The summed E-state index contributed by atoms with van der Waals surface area (Å²) in [7, 11) is 1.61. The van der Waals surface area contributed by atoms with Crippen LogP contribution >= 0.6 is 0 Å². The minimum atomic E-state index is -0.573. The van der Waals surface area contributed by atoms with Crippen molar-refractivity contribution >= 4 is 11.8 Å². The summed E-state index contributed by atoms with van der Waals surface area (Å²) < 4.78 is 11.1. The molecule has 0 aliphatic rings. The number of amides is 2. The van der Waals surface area contributed by atoms with Crippen LogP contribution in [0, 0.1) is 6.92 Å². The molecule has 6 nitrogen and oxygen atoms in total. The molecule has 1 atom stereocenters. The van der Waals surface area contributed by atoms with E-state index in [4.69, 9.17) is 9.47 Å². The van der Waals surface area contributed by atoms with Crippen molar-refractivity contribution in [3.05, 3.63) is 59.7 Å². The topological polar surface area (TPSA) is 67.9 Å². The zero-order valence-electron chi connectivity index (χ0n) is 19.0. The molecule has 2 rings (SSSR count). The molecule has 0 radical (unpaired) electrons. The third kappa shape index (κ3) is 7.31. The third-order valence-corrected chi connectivity index (χ3v) is 5.15. The van der Waals surface area contributed by atoms with E-state index in [1.807, 2.05) is 62.4 Å². The number of carbonyl (C=O) groups excluding carboxylic acids is 2. The predicted octanol–water partition coefficient (Wildman–Crippen LogP) is 4.11. The van der Waals surface area contributed by atoms with Crippen molar-refractivity contribution in [3.63, 3.8) is 0 Å². The number of ether oxygens (including phenoxy) is 2. The summed E-state index contributed by atoms with van der Waals surface area (Å²) >= 11 is 0. The van der Waals surface area contributed by atoms with Crippen molar-refractivity contribution < 1.29 is 19.1 Å². The summed E-state index contributed by atoms with van der Waals surface area (Å²) in [5, 5.41) is 2.96. The number of aryl methyl sites for hydroxylation is 1. The number of para-hydroxylation sites is 1. The fraction of sp³-hybridized carbons (Fsp3) is 0.440. The molecule has 2 aromatic rings. The van der Waals surface area contributed by atoms with Crippen LogP contribution < -0.4 is 14.8 Å². The van der Waals surface area contributed by atoms with Gasteiger partial charge in [0.2, 0.25) is 5.91 Å². The van der Waals surface area contributed by atoms with E-state index in [0.29, 0.717) is 31.0 Å². The first-order valence-electron chi connectivity index (χ1n) is 10.9. The lowest BCUT2D eigenvalue weighted by Gasteiger charge is -2.30. The van der Waals surface area contributed by atoms with Gasteiger partial charge in [0.05, 0.1) is 7.11 Å². The van der Waals surface area contributed by atoms with Crippen LogP contribution in [0.2, 0.25) is 0 Å². The maximum absolute atomic E-state index is 13.2. The Kier molecular flexibility index (Phi) is 9.88. The molecule has 0 spiro atoms. The molecule has 6 heteroatoms. The highest BCUT2D eigenvalue weighted by Gasteiger charge is 2.29.